The number of piperidine rings is 1. The minimum absolute atomic E-state index is 0.343. The van der Waals surface area contributed by atoms with Crippen LogP contribution < -0.4 is 4.90 Å². The van der Waals surface area contributed by atoms with Gasteiger partial charge in [0.2, 0.25) is 0 Å². The lowest BCUT2D eigenvalue weighted by Gasteiger charge is -2.32. The zero-order chi connectivity index (χ0) is 15.5. The summed E-state index contributed by atoms with van der Waals surface area (Å²) in [6.45, 7) is 4.60. The van der Waals surface area contributed by atoms with Gasteiger partial charge in [0.25, 0.3) is 0 Å². The van der Waals surface area contributed by atoms with E-state index in [1.54, 1.807) is 6.07 Å². The molecule has 1 fully saturated rings. The van der Waals surface area contributed by atoms with Crippen LogP contribution >= 0.6 is 11.6 Å². The maximum atomic E-state index is 9.40. The van der Waals surface area contributed by atoms with Gasteiger partial charge in [0.05, 0.1) is 23.3 Å². The maximum Gasteiger partial charge on any atom is 0.130 e. The Morgan fingerprint density at radius 1 is 1.36 bits per heavy atom. The van der Waals surface area contributed by atoms with Gasteiger partial charge in [-0.2, -0.15) is 5.26 Å². The van der Waals surface area contributed by atoms with Crippen molar-refractivity contribution in [3.63, 3.8) is 0 Å². The number of halogens is 1. The number of ether oxygens (including phenoxy) is 1. The maximum absolute atomic E-state index is 9.40. The SMILES string of the molecule is CCOC1CCN(c2cc(C#N)c3cc(Cl)ccc3n2)CC1. The Labute approximate surface area is 135 Å². The fourth-order valence-electron chi connectivity index (χ4n) is 2.93. The minimum Gasteiger partial charge on any atom is -0.378 e. The van der Waals surface area contributed by atoms with Gasteiger partial charge >= 0.3 is 0 Å². The van der Waals surface area contributed by atoms with E-state index in [2.05, 4.69) is 11.0 Å². The number of fused-ring (bicyclic) bond motifs is 1. The summed E-state index contributed by atoms with van der Waals surface area (Å²) in [5.41, 5.74) is 1.43. The van der Waals surface area contributed by atoms with Crippen LogP contribution in [-0.4, -0.2) is 30.8 Å². The number of pyridine rings is 1. The van der Waals surface area contributed by atoms with Crippen LogP contribution in [0.25, 0.3) is 10.9 Å². The molecule has 1 aliphatic heterocycles. The molecule has 0 amide bonds. The predicted octanol–water partition coefficient (Wildman–Crippen LogP) is 3.77. The number of hydrogen-bond acceptors (Lipinski definition) is 4. The predicted molar refractivity (Wildman–Crippen MR) is 88.3 cm³/mol. The van der Waals surface area contributed by atoms with E-state index < -0.39 is 0 Å². The third-order valence-corrected chi connectivity index (χ3v) is 4.28. The highest BCUT2D eigenvalue weighted by molar-refractivity contribution is 6.31. The van der Waals surface area contributed by atoms with Crippen LogP contribution in [0.2, 0.25) is 5.02 Å². The first-order chi connectivity index (χ1) is 10.7. The van der Waals surface area contributed by atoms with Crippen LogP contribution in [0.1, 0.15) is 25.3 Å². The topological polar surface area (TPSA) is 49.1 Å². The van der Waals surface area contributed by atoms with Crippen LogP contribution in [0.5, 0.6) is 0 Å². The van der Waals surface area contributed by atoms with Gasteiger partial charge in [-0.3, -0.25) is 0 Å². The first-order valence-corrected chi connectivity index (χ1v) is 7.96. The van der Waals surface area contributed by atoms with Gasteiger partial charge < -0.3 is 9.64 Å². The average Bonchev–Trinajstić information content (AvgIpc) is 2.55. The van der Waals surface area contributed by atoms with Gasteiger partial charge in [0.1, 0.15) is 5.82 Å². The van der Waals surface area contributed by atoms with Crippen LogP contribution in [0.3, 0.4) is 0 Å². The summed E-state index contributed by atoms with van der Waals surface area (Å²) in [5.74, 6) is 0.862. The highest BCUT2D eigenvalue weighted by atomic mass is 35.5. The van der Waals surface area contributed by atoms with Crippen LogP contribution in [0, 0.1) is 11.3 Å². The Morgan fingerprint density at radius 3 is 2.82 bits per heavy atom. The number of nitriles is 1. The Morgan fingerprint density at radius 2 is 2.14 bits per heavy atom. The van der Waals surface area contributed by atoms with Gasteiger partial charge in [0, 0.05) is 30.1 Å². The van der Waals surface area contributed by atoms with Crippen molar-refractivity contribution in [3.8, 4) is 6.07 Å². The molecule has 2 heterocycles. The van der Waals surface area contributed by atoms with Crippen molar-refractivity contribution in [2.45, 2.75) is 25.9 Å². The van der Waals surface area contributed by atoms with Gasteiger partial charge in [0.15, 0.2) is 0 Å². The van der Waals surface area contributed by atoms with E-state index in [9.17, 15) is 5.26 Å². The minimum atomic E-state index is 0.343. The largest absolute Gasteiger partial charge is 0.378 e. The lowest BCUT2D eigenvalue weighted by Crippen LogP contribution is -2.37. The summed E-state index contributed by atoms with van der Waals surface area (Å²) in [5, 5.41) is 10.8. The summed E-state index contributed by atoms with van der Waals surface area (Å²) in [4.78, 5) is 6.92. The summed E-state index contributed by atoms with van der Waals surface area (Å²) in [6, 6.07) is 9.59. The lowest BCUT2D eigenvalue weighted by molar-refractivity contribution is 0.0458. The number of benzene rings is 1. The molecule has 1 saturated heterocycles. The molecule has 0 aliphatic carbocycles. The molecule has 3 rings (SSSR count). The van der Waals surface area contributed by atoms with Crippen molar-refractivity contribution < 1.29 is 4.74 Å². The Hall–Kier alpha value is -1.83. The van der Waals surface area contributed by atoms with E-state index in [-0.39, 0.29) is 0 Å². The molecule has 2 aromatic rings. The molecule has 0 unspecified atom stereocenters. The lowest BCUT2D eigenvalue weighted by atomic mass is 10.1. The van der Waals surface area contributed by atoms with E-state index in [1.165, 1.54) is 0 Å². The van der Waals surface area contributed by atoms with Crippen molar-refractivity contribution in [2.75, 3.05) is 24.6 Å². The molecule has 0 spiro atoms. The molecule has 5 heteroatoms. The van der Waals surface area contributed by atoms with E-state index >= 15 is 0 Å². The molecule has 114 valence electrons. The quantitative estimate of drug-likeness (QED) is 0.865. The molecular weight excluding hydrogens is 298 g/mol. The van der Waals surface area contributed by atoms with Crippen molar-refractivity contribution in [1.82, 2.24) is 4.98 Å². The monoisotopic (exact) mass is 315 g/mol. The first kappa shape index (κ1) is 15.1. The van der Waals surface area contributed by atoms with E-state index in [0.29, 0.717) is 16.7 Å². The van der Waals surface area contributed by atoms with Gasteiger partial charge in [-0.1, -0.05) is 11.6 Å². The number of aromatic nitrogens is 1. The highest BCUT2D eigenvalue weighted by Crippen LogP contribution is 2.27. The van der Waals surface area contributed by atoms with Crippen LogP contribution in [0.15, 0.2) is 24.3 Å². The molecule has 0 atom stereocenters. The number of nitrogens with zero attached hydrogens (tertiary/aromatic N) is 3. The third kappa shape index (κ3) is 3.01. The molecule has 0 bridgehead atoms. The van der Waals surface area contributed by atoms with Crippen molar-refractivity contribution in [3.05, 3.63) is 34.9 Å². The fourth-order valence-corrected chi connectivity index (χ4v) is 3.10. The molecule has 0 radical (unpaired) electrons. The Bertz CT molecular complexity index is 718. The van der Waals surface area contributed by atoms with Crippen molar-refractivity contribution >= 4 is 28.3 Å². The van der Waals surface area contributed by atoms with E-state index in [0.717, 1.165) is 49.3 Å². The first-order valence-electron chi connectivity index (χ1n) is 7.58. The fraction of sp³-hybridized carbons (Fsp3) is 0.412. The normalized spacial score (nSPS) is 16.0. The average molecular weight is 316 g/mol. The Kier molecular flexibility index (Phi) is 4.47. The van der Waals surface area contributed by atoms with Crippen molar-refractivity contribution in [2.24, 2.45) is 0 Å². The number of rotatable bonds is 3. The molecule has 1 aromatic carbocycles. The molecule has 1 aliphatic rings. The molecule has 22 heavy (non-hydrogen) atoms. The second kappa shape index (κ2) is 6.51. The van der Waals surface area contributed by atoms with Gasteiger partial charge in [-0.05, 0) is 44.0 Å². The molecule has 1 aromatic heterocycles. The smallest absolute Gasteiger partial charge is 0.130 e. The molecular formula is C17H18ClN3O. The number of hydrogen-bond donors (Lipinski definition) is 0. The molecule has 0 saturated carbocycles. The summed E-state index contributed by atoms with van der Waals surface area (Å²) >= 11 is 6.02. The van der Waals surface area contributed by atoms with Crippen LogP contribution in [0.4, 0.5) is 5.82 Å². The van der Waals surface area contributed by atoms with E-state index in [4.69, 9.17) is 21.3 Å². The molecule has 4 nitrogen and oxygen atoms in total. The summed E-state index contributed by atoms with van der Waals surface area (Å²) in [6.07, 6.45) is 2.34. The van der Waals surface area contributed by atoms with Crippen LogP contribution in [-0.2, 0) is 4.74 Å². The van der Waals surface area contributed by atoms with Crippen molar-refractivity contribution in [1.29, 1.82) is 5.26 Å². The highest BCUT2D eigenvalue weighted by Gasteiger charge is 2.21. The summed E-state index contributed by atoms with van der Waals surface area (Å²) < 4.78 is 5.68. The second-order valence-electron chi connectivity index (χ2n) is 5.44. The Balaban J connectivity index is 1.89. The van der Waals surface area contributed by atoms with E-state index in [1.807, 2.05) is 25.1 Å². The van der Waals surface area contributed by atoms with Gasteiger partial charge in [-0.15, -0.1) is 0 Å². The summed E-state index contributed by atoms with van der Waals surface area (Å²) in [7, 11) is 0. The second-order valence-corrected chi connectivity index (χ2v) is 5.88. The zero-order valence-corrected chi connectivity index (χ0v) is 13.3. The third-order valence-electron chi connectivity index (χ3n) is 4.05. The van der Waals surface area contributed by atoms with Gasteiger partial charge in [-0.25, -0.2) is 4.98 Å². The zero-order valence-electron chi connectivity index (χ0n) is 12.6. The molecule has 0 N–H and O–H groups in total. The number of anilines is 1. The standard InChI is InChI=1S/C17H18ClN3O/c1-2-22-14-5-7-21(8-6-14)17-9-12(11-19)15-10-13(18)3-4-16(15)20-17/h3-4,9-10,14H,2,5-8H2,1H3.